The highest BCUT2D eigenvalue weighted by Gasteiger charge is 2.23. The van der Waals surface area contributed by atoms with Gasteiger partial charge < -0.3 is 4.74 Å². The lowest BCUT2D eigenvalue weighted by molar-refractivity contribution is 0.0599. The van der Waals surface area contributed by atoms with Gasteiger partial charge in [-0.3, -0.25) is 0 Å². The first kappa shape index (κ1) is 14.7. The molecular formula is C13H18O4S. The second-order valence-electron chi connectivity index (χ2n) is 4.57. The van der Waals surface area contributed by atoms with Crippen LogP contribution in [0.1, 0.15) is 41.3 Å². The summed E-state index contributed by atoms with van der Waals surface area (Å²) in [6.07, 6.45) is 1.16. The standard InChI is InChI=1S/C13H18O4S/c1-8(2)10-6-7-11(13(14)17-4)9(3)12(10)18(5,15)16/h6-8H,1-5H3. The van der Waals surface area contributed by atoms with Gasteiger partial charge in [-0.25, -0.2) is 13.2 Å². The molecule has 0 heterocycles. The largest absolute Gasteiger partial charge is 0.465 e. The van der Waals surface area contributed by atoms with E-state index in [-0.39, 0.29) is 10.8 Å². The first-order valence-electron chi connectivity index (χ1n) is 5.62. The molecule has 0 saturated carbocycles. The van der Waals surface area contributed by atoms with E-state index < -0.39 is 15.8 Å². The Hall–Kier alpha value is -1.36. The number of hydrogen-bond donors (Lipinski definition) is 0. The Morgan fingerprint density at radius 3 is 2.22 bits per heavy atom. The molecule has 0 aromatic heterocycles. The van der Waals surface area contributed by atoms with Crippen LogP contribution in [0, 0.1) is 6.92 Å². The summed E-state index contributed by atoms with van der Waals surface area (Å²) in [7, 11) is -2.11. The molecular weight excluding hydrogens is 252 g/mol. The van der Waals surface area contributed by atoms with Crippen molar-refractivity contribution in [3.63, 3.8) is 0 Å². The van der Waals surface area contributed by atoms with Gasteiger partial charge in [-0.1, -0.05) is 19.9 Å². The molecule has 0 aliphatic heterocycles. The van der Waals surface area contributed by atoms with Crippen LogP contribution >= 0.6 is 0 Å². The van der Waals surface area contributed by atoms with E-state index >= 15 is 0 Å². The second kappa shape index (κ2) is 5.10. The third-order valence-electron chi connectivity index (χ3n) is 2.83. The van der Waals surface area contributed by atoms with Crippen LogP contribution in [0.4, 0.5) is 0 Å². The highest BCUT2D eigenvalue weighted by Crippen LogP contribution is 2.29. The molecule has 4 nitrogen and oxygen atoms in total. The van der Waals surface area contributed by atoms with Crippen molar-refractivity contribution in [1.29, 1.82) is 0 Å². The molecule has 0 radical (unpaired) electrons. The summed E-state index contributed by atoms with van der Waals surface area (Å²) < 4.78 is 28.4. The molecule has 18 heavy (non-hydrogen) atoms. The normalized spacial score (nSPS) is 11.7. The number of esters is 1. The van der Waals surface area contributed by atoms with E-state index in [1.807, 2.05) is 13.8 Å². The number of methoxy groups -OCH3 is 1. The molecule has 0 aliphatic carbocycles. The summed E-state index contributed by atoms with van der Waals surface area (Å²) in [4.78, 5) is 11.8. The van der Waals surface area contributed by atoms with Gasteiger partial charge >= 0.3 is 5.97 Å². The molecule has 0 fully saturated rings. The van der Waals surface area contributed by atoms with Crippen molar-refractivity contribution < 1.29 is 17.9 Å². The lowest BCUT2D eigenvalue weighted by Crippen LogP contribution is -2.12. The fourth-order valence-corrected chi connectivity index (χ4v) is 3.39. The summed E-state index contributed by atoms with van der Waals surface area (Å²) >= 11 is 0. The first-order valence-corrected chi connectivity index (χ1v) is 7.51. The molecule has 0 amide bonds. The maximum absolute atomic E-state index is 11.9. The predicted octanol–water partition coefficient (Wildman–Crippen LogP) is 2.31. The third-order valence-corrected chi connectivity index (χ3v) is 4.12. The van der Waals surface area contributed by atoms with E-state index in [1.54, 1.807) is 19.1 Å². The van der Waals surface area contributed by atoms with Crippen LogP contribution in [-0.2, 0) is 14.6 Å². The Kier molecular flexibility index (Phi) is 4.16. The molecule has 1 aromatic carbocycles. The Morgan fingerprint density at radius 2 is 1.83 bits per heavy atom. The Morgan fingerprint density at radius 1 is 1.28 bits per heavy atom. The van der Waals surface area contributed by atoms with Gasteiger partial charge in [0.15, 0.2) is 9.84 Å². The van der Waals surface area contributed by atoms with Crippen LogP contribution in [0.3, 0.4) is 0 Å². The number of rotatable bonds is 3. The zero-order valence-corrected chi connectivity index (χ0v) is 12.1. The van der Waals surface area contributed by atoms with Gasteiger partial charge in [0.05, 0.1) is 17.6 Å². The second-order valence-corrected chi connectivity index (χ2v) is 6.53. The van der Waals surface area contributed by atoms with Crippen molar-refractivity contribution in [2.45, 2.75) is 31.6 Å². The summed E-state index contributed by atoms with van der Waals surface area (Å²) in [5.41, 5.74) is 1.47. The highest BCUT2D eigenvalue weighted by molar-refractivity contribution is 7.90. The third kappa shape index (κ3) is 2.72. The van der Waals surface area contributed by atoms with E-state index in [1.165, 1.54) is 7.11 Å². The van der Waals surface area contributed by atoms with Gasteiger partial charge in [0.2, 0.25) is 0 Å². The van der Waals surface area contributed by atoms with E-state index in [2.05, 4.69) is 4.74 Å². The quantitative estimate of drug-likeness (QED) is 0.791. The molecule has 0 saturated heterocycles. The van der Waals surface area contributed by atoms with Crippen LogP contribution in [0.15, 0.2) is 17.0 Å². The molecule has 1 aromatic rings. The molecule has 0 atom stereocenters. The van der Waals surface area contributed by atoms with E-state index in [0.717, 1.165) is 11.8 Å². The maximum atomic E-state index is 11.9. The van der Waals surface area contributed by atoms with Crippen molar-refractivity contribution in [3.8, 4) is 0 Å². The van der Waals surface area contributed by atoms with E-state index in [0.29, 0.717) is 11.1 Å². The van der Waals surface area contributed by atoms with Crippen LogP contribution in [-0.4, -0.2) is 27.8 Å². The van der Waals surface area contributed by atoms with E-state index in [4.69, 9.17) is 0 Å². The minimum absolute atomic E-state index is 0.0696. The lowest BCUT2D eigenvalue weighted by Gasteiger charge is -2.16. The van der Waals surface area contributed by atoms with Crippen LogP contribution < -0.4 is 0 Å². The van der Waals surface area contributed by atoms with Gasteiger partial charge in [0.25, 0.3) is 0 Å². The molecule has 0 aliphatic rings. The Bertz CT molecular complexity index is 571. The Labute approximate surface area is 108 Å². The van der Waals surface area contributed by atoms with E-state index in [9.17, 15) is 13.2 Å². The fourth-order valence-electron chi connectivity index (χ4n) is 1.99. The average Bonchev–Trinajstić information content (AvgIpc) is 2.25. The summed E-state index contributed by atoms with van der Waals surface area (Å²) in [6, 6.07) is 3.30. The van der Waals surface area contributed by atoms with Gasteiger partial charge in [-0.05, 0) is 30.0 Å². The summed E-state index contributed by atoms with van der Waals surface area (Å²) in [6.45, 7) is 5.47. The predicted molar refractivity (Wildman–Crippen MR) is 69.7 cm³/mol. The van der Waals surface area contributed by atoms with Crippen molar-refractivity contribution in [2.75, 3.05) is 13.4 Å². The van der Waals surface area contributed by atoms with Gasteiger partial charge in [-0.2, -0.15) is 0 Å². The summed E-state index contributed by atoms with van der Waals surface area (Å²) in [5.74, 6) is -0.451. The molecule has 1 rings (SSSR count). The number of ether oxygens (including phenoxy) is 1. The monoisotopic (exact) mass is 270 g/mol. The SMILES string of the molecule is COC(=O)c1ccc(C(C)C)c(S(C)(=O)=O)c1C. The zero-order valence-electron chi connectivity index (χ0n) is 11.3. The maximum Gasteiger partial charge on any atom is 0.338 e. The van der Waals surface area contributed by atoms with Crippen molar-refractivity contribution in [1.82, 2.24) is 0 Å². The van der Waals surface area contributed by atoms with Gasteiger partial charge in [0.1, 0.15) is 0 Å². The molecule has 0 bridgehead atoms. The van der Waals surface area contributed by atoms with Crippen LogP contribution in [0.5, 0.6) is 0 Å². The molecule has 0 unspecified atom stereocenters. The molecule has 0 spiro atoms. The Balaban J connectivity index is 3.66. The van der Waals surface area contributed by atoms with Crippen molar-refractivity contribution in [2.24, 2.45) is 0 Å². The van der Waals surface area contributed by atoms with Gasteiger partial charge in [0, 0.05) is 6.26 Å². The molecule has 5 heteroatoms. The number of carbonyl (C=O) groups is 1. The highest BCUT2D eigenvalue weighted by atomic mass is 32.2. The minimum atomic E-state index is -3.38. The fraction of sp³-hybridized carbons (Fsp3) is 0.462. The number of carbonyl (C=O) groups excluding carboxylic acids is 1. The number of hydrogen-bond acceptors (Lipinski definition) is 4. The smallest absolute Gasteiger partial charge is 0.338 e. The number of benzene rings is 1. The number of sulfone groups is 1. The molecule has 0 N–H and O–H groups in total. The summed E-state index contributed by atoms with van der Waals surface area (Å²) in [5, 5.41) is 0. The first-order chi connectivity index (χ1) is 8.20. The zero-order chi connectivity index (χ0) is 14.1. The van der Waals surface area contributed by atoms with Crippen LogP contribution in [0.25, 0.3) is 0 Å². The van der Waals surface area contributed by atoms with Crippen molar-refractivity contribution >= 4 is 15.8 Å². The minimum Gasteiger partial charge on any atom is -0.465 e. The van der Waals surface area contributed by atoms with Gasteiger partial charge in [-0.15, -0.1) is 0 Å². The lowest BCUT2D eigenvalue weighted by atomic mass is 9.97. The van der Waals surface area contributed by atoms with Crippen molar-refractivity contribution in [3.05, 3.63) is 28.8 Å². The van der Waals surface area contributed by atoms with Crippen LogP contribution in [0.2, 0.25) is 0 Å². The molecule has 100 valence electrons. The average molecular weight is 270 g/mol. The topological polar surface area (TPSA) is 60.4 Å².